The van der Waals surface area contributed by atoms with Crippen LogP contribution in [0.15, 0.2) is 39.5 Å². The average Bonchev–Trinajstić information content (AvgIpc) is 2.58. The maximum atomic E-state index is 11.3. The van der Waals surface area contributed by atoms with Gasteiger partial charge < -0.3 is 33.9 Å². The molecule has 1 aliphatic heterocycles. The molecule has 1 fully saturated rings. The van der Waals surface area contributed by atoms with Crippen LogP contribution in [-0.2, 0) is 9.47 Å². The molecule has 8 heteroatoms. The summed E-state index contributed by atoms with van der Waals surface area (Å²) < 4.78 is 21.1. The monoisotopic (exact) mass is 338 g/mol. The number of aliphatic hydroxyl groups is 3. The molecule has 0 amide bonds. The standard InChI is InChI=1S/C16H18O8/c1-21-15-11(7-17)24-16(14(20)13(15)19)22-9-4-2-8-3-5-12(18)23-10(8)6-9/h2-6,11,13-17,19-20H,7H2,1H3/t11-,13-,14-,15-,16-/m1/s1. The third-order valence-corrected chi connectivity index (χ3v) is 3.94. The molecule has 5 atom stereocenters. The molecule has 0 saturated carbocycles. The zero-order valence-corrected chi connectivity index (χ0v) is 12.9. The molecule has 2 aromatic rings. The van der Waals surface area contributed by atoms with Gasteiger partial charge >= 0.3 is 5.63 Å². The van der Waals surface area contributed by atoms with E-state index >= 15 is 0 Å². The van der Waals surface area contributed by atoms with Gasteiger partial charge in [0.05, 0.1) is 6.61 Å². The van der Waals surface area contributed by atoms with Crippen LogP contribution >= 0.6 is 0 Å². The molecule has 8 nitrogen and oxygen atoms in total. The maximum absolute atomic E-state index is 11.3. The SMILES string of the molecule is CO[C@H]1[C@H](O)[C@@H](O)[C@H](Oc2ccc3ccc(=O)oc3c2)O[C@@H]1CO. The summed E-state index contributed by atoms with van der Waals surface area (Å²) in [5.74, 6) is 0.278. The number of hydrogen-bond donors (Lipinski definition) is 3. The Hall–Kier alpha value is -1.97. The van der Waals surface area contributed by atoms with E-state index < -0.39 is 42.9 Å². The van der Waals surface area contributed by atoms with E-state index in [2.05, 4.69) is 0 Å². The van der Waals surface area contributed by atoms with Crippen molar-refractivity contribution in [1.82, 2.24) is 0 Å². The lowest BCUT2D eigenvalue weighted by molar-refractivity contribution is -0.281. The normalized spacial score (nSPS) is 30.4. The highest BCUT2D eigenvalue weighted by Crippen LogP contribution is 2.27. The van der Waals surface area contributed by atoms with Crippen LogP contribution in [0.2, 0.25) is 0 Å². The lowest BCUT2D eigenvalue weighted by atomic mass is 9.99. The highest BCUT2D eigenvalue weighted by molar-refractivity contribution is 5.77. The predicted molar refractivity (Wildman–Crippen MR) is 81.7 cm³/mol. The molecule has 3 rings (SSSR count). The molecule has 3 N–H and O–H groups in total. The molecule has 0 aliphatic carbocycles. The number of benzene rings is 1. The zero-order chi connectivity index (χ0) is 17.3. The largest absolute Gasteiger partial charge is 0.462 e. The molecule has 0 bridgehead atoms. The quantitative estimate of drug-likeness (QED) is 0.646. The van der Waals surface area contributed by atoms with E-state index in [1.54, 1.807) is 18.2 Å². The number of hydrogen-bond acceptors (Lipinski definition) is 8. The van der Waals surface area contributed by atoms with Crippen molar-refractivity contribution in [3.63, 3.8) is 0 Å². The summed E-state index contributed by atoms with van der Waals surface area (Å²) in [4.78, 5) is 11.3. The van der Waals surface area contributed by atoms with Crippen LogP contribution in [0.25, 0.3) is 11.0 Å². The van der Waals surface area contributed by atoms with Crippen molar-refractivity contribution in [3.8, 4) is 5.75 Å². The molecule has 0 spiro atoms. The number of aliphatic hydroxyl groups excluding tert-OH is 3. The molecule has 130 valence electrons. The number of rotatable bonds is 4. The minimum atomic E-state index is -1.38. The smallest absolute Gasteiger partial charge is 0.336 e. The van der Waals surface area contributed by atoms with Gasteiger partial charge in [-0.05, 0) is 18.2 Å². The summed E-state index contributed by atoms with van der Waals surface area (Å²) in [6.07, 6.45) is -5.60. The van der Waals surface area contributed by atoms with E-state index in [0.29, 0.717) is 11.0 Å². The fourth-order valence-corrected chi connectivity index (χ4v) is 2.69. The van der Waals surface area contributed by atoms with E-state index in [4.69, 9.17) is 18.6 Å². The van der Waals surface area contributed by atoms with Gasteiger partial charge in [0.1, 0.15) is 35.7 Å². The van der Waals surface area contributed by atoms with Gasteiger partial charge in [-0.15, -0.1) is 0 Å². The minimum absolute atomic E-state index is 0.278. The maximum Gasteiger partial charge on any atom is 0.336 e. The third kappa shape index (κ3) is 3.14. The first-order valence-corrected chi connectivity index (χ1v) is 7.39. The molecule has 24 heavy (non-hydrogen) atoms. The molecular formula is C16H18O8. The Balaban J connectivity index is 1.83. The van der Waals surface area contributed by atoms with Crippen LogP contribution in [0.1, 0.15) is 0 Å². The van der Waals surface area contributed by atoms with Gasteiger partial charge in [0.2, 0.25) is 6.29 Å². The number of ether oxygens (including phenoxy) is 3. The first kappa shape index (κ1) is 16.9. The van der Waals surface area contributed by atoms with E-state index in [0.717, 1.165) is 0 Å². The molecule has 1 aliphatic rings. The van der Waals surface area contributed by atoms with E-state index in [9.17, 15) is 20.1 Å². The Labute approximate surface area is 136 Å². The summed E-state index contributed by atoms with van der Waals surface area (Å²) in [5.41, 5.74) is -0.174. The molecule has 1 saturated heterocycles. The van der Waals surface area contributed by atoms with E-state index in [-0.39, 0.29) is 5.75 Å². The summed E-state index contributed by atoms with van der Waals surface area (Å²) in [5, 5.41) is 30.3. The fourth-order valence-electron chi connectivity index (χ4n) is 2.69. The molecule has 0 unspecified atom stereocenters. The van der Waals surface area contributed by atoms with E-state index in [1.807, 2.05) is 0 Å². The van der Waals surface area contributed by atoms with Crippen molar-refractivity contribution in [2.24, 2.45) is 0 Å². The second-order valence-electron chi connectivity index (χ2n) is 5.48. The topological polar surface area (TPSA) is 119 Å². The van der Waals surface area contributed by atoms with Gasteiger partial charge in [-0.2, -0.15) is 0 Å². The fraction of sp³-hybridized carbons (Fsp3) is 0.438. The molecule has 1 aromatic heterocycles. The van der Waals surface area contributed by atoms with Crippen molar-refractivity contribution < 1.29 is 33.9 Å². The third-order valence-electron chi connectivity index (χ3n) is 3.94. The van der Waals surface area contributed by atoms with Gasteiger partial charge in [0.15, 0.2) is 0 Å². The van der Waals surface area contributed by atoms with Gasteiger partial charge in [-0.1, -0.05) is 0 Å². The lowest BCUT2D eigenvalue weighted by Gasteiger charge is -2.41. The van der Waals surface area contributed by atoms with E-state index in [1.165, 1.54) is 19.2 Å². The van der Waals surface area contributed by atoms with Crippen molar-refractivity contribution in [3.05, 3.63) is 40.8 Å². The average molecular weight is 338 g/mol. The lowest BCUT2D eigenvalue weighted by Crippen LogP contribution is -2.60. The second-order valence-corrected chi connectivity index (χ2v) is 5.48. The molecule has 2 heterocycles. The Morgan fingerprint density at radius 1 is 1.17 bits per heavy atom. The van der Waals surface area contributed by atoms with Crippen LogP contribution in [-0.4, -0.2) is 59.7 Å². The Bertz CT molecular complexity index is 755. The van der Waals surface area contributed by atoms with Crippen molar-refractivity contribution in [2.45, 2.75) is 30.7 Å². The predicted octanol–water partition coefficient (Wildman–Crippen LogP) is -0.374. The zero-order valence-electron chi connectivity index (χ0n) is 12.9. The van der Waals surface area contributed by atoms with Crippen molar-refractivity contribution in [2.75, 3.05) is 13.7 Å². The van der Waals surface area contributed by atoms with Gasteiger partial charge in [-0.3, -0.25) is 0 Å². The molecule has 0 radical (unpaired) electrons. The van der Waals surface area contributed by atoms with Crippen LogP contribution < -0.4 is 10.4 Å². The summed E-state index contributed by atoms with van der Waals surface area (Å²) in [7, 11) is 1.35. The van der Waals surface area contributed by atoms with Gasteiger partial charge in [-0.25, -0.2) is 4.79 Å². The second kappa shape index (κ2) is 6.88. The summed E-state index contributed by atoms with van der Waals surface area (Å²) >= 11 is 0. The number of fused-ring (bicyclic) bond motifs is 1. The summed E-state index contributed by atoms with van der Waals surface area (Å²) in [6.45, 7) is -0.408. The Morgan fingerprint density at radius 2 is 1.92 bits per heavy atom. The van der Waals surface area contributed by atoms with Crippen molar-refractivity contribution >= 4 is 11.0 Å². The molecule has 1 aromatic carbocycles. The highest BCUT2D eigenvalue weighted by atomic mass is 16.7. The number of methoxy groups -OCH3 is 1. The van der Waals surface area contributed by atoms with Crippen LogP contribution in [0.5, 0.6) is 5.75 Å². The first-order chi connectivity index (χ1) is 11.5. The van der Waals surface area contributed by atoms with Crippen LogP contribution in [0.3, 0.4) is 0 Å². The van der Waals surface area contributed by atoms with Crippen LogP contribution in [0.4, 0.5) is 0 Å². The Kier molecular flexibility index (Phi) is 4.83. The highest BCUT2D eigenvalue weighted by Gasteiger charge is 2.45. The van der Waals surface area contributed by atoms with Crippen LogP contribution in [0, 0.1) is 0 Å². The minimum Gasteiger partial charge on any atom is -0.462 e. The molecular weight excluding hydrogens is 320 g/mol. The van der Waals surface area contributed by atoms with Gasteiger partial charge in [0, 0.05) is 24.6 Å². The van der Waals surface area contributed by atoms with Gasteiger partial charge in [0.25, 0.3) is 0 Å². The first-order valence-electron chi connectivity index (χ1n) is 7.39. The van der Waals surface area contributed by atoms with Crippen molar-refractivity contribution in [1.29, 1.82) is 0 Å². The summed E-state index contributed by atoms with van der Waals surface area (Å²) in [6, 6.07) is 7.70. The Morgan fingerprint density at radius 3 is 2.62 bits per heavy atom.